The monoisotopic (exact) mass is 766 g/mol. The second-order valence-electron chi connectivity index (χ2n) is 15.0. The molecule has 0 amide bonds. The van der Waals surface area contributed by atoms with Gasteiger partial charge in [0.05, 0.1) is 0 Å². The molecule has 0 aliphatic carbocycles. The van der Waals surface area contributed by atoms with Crippen molar-refractivity contribution < 1.29 is 0 Å². The Labute approximate surface area is 352 Å². The Hall–Kier alpha value is -7.94. The summed E-state index contributed by atoms with van der Waals surface area (Å²) >= 11 is 0. The maximum Gasteiger partial charge on any atom is 0.0467 e. The normalized spacial score (nSPS) is 11.0. The lowest BCUT2D eigenvalue weighted by Crippen LogP contribution is -2.10. The third-order valence-electron chi connectivity index (χ3n) is 11.2. The van der Waals surface area contributed by atoms with Gasteiger partial charge in [0.15, 0.2) is 0 Å². The van der Waals surface area contributed by atoms with Gasteiger partial charge in [0.1, 0.15) is 0 Å². The molecule has 60 heavy (non-hydrogen) atoms. The van der Waals surface area contributed by atoms with Crippen molar-refractivity contribution in [2.45, 2.75) is 0 Å². The van der Waals surface area contributed by atoms with E-state index in [1.165, 1.54) is 44.2 Å². The number of fused-ring (bicyclic) bond motifs is 1. The van der Waals surface area contributed by atoms with Crippen LogP contribution >= 0.6 is 0 Å². The van der Waals surface area contributed by atoms with E-state index in [0.717, 1.165) is 45.3 Å². The summed E-state index contributed by atoms with van der Waals surface area (Å²) in [6.45, 7) is 0. The molecule has 0 atom stereocenters. The molecule has 2 heteroatoms. The number of anilines is 6. The van der Waals surface area contributed by atoms with Crippen LogP contribution in [0.25, 0.3) is 55.3 Å². The maximum atomic E-state index is 2.35. The van der Waals surface area contributed by atoms with E-state index in [4.69, 9.17) is 0 Å². The first-order valence-corrected chi connectivity index (χ1v) is 20.5. The highest BCUT2D eigenvalue weighted by atomic mass is 15.1. The van der Waals surface area contributed by atoms with Crippen LogP contribution in [-0.4, -0.2) is 0 Å². The van der Waals surface area contributed by atoms with Gasteiger partial charge in [-0.25, -0.2) is 0 Å². The first kappa shape index (κ1) is 36.4. The predicted molar refractivity (Wildman–Crippen MR) is 255 cm³/mol. The topological polar surface area (TPSA) is 6.48 Å². The number of rotatable bonds is 10. The zero-order chi connectivity index (χ0) is 40.1. The Bertz CT molecular complexity index is 3000. The molecule has 0 saturated carbocycles. The van der Waals surface area contributed by atoms with Crippen LogP contribution < -0.4 is 9.80 Å². The number of nitrogens with zero attached hydrogens (tertiary/aromatic N) is 2. The summed E-state index contributed by atoms with van der Waals surface area (Å²) in [6, 6.07) is 91.5. The average molecular weight is 767 g/mol. The SMILES string of the molecule is c1ccc(-c2ccc(N(c3ccccc3)c3cccc(-c4ccc5ccccc5c4-c4cccc(N(c5ccccc5)c5ccc(-c6ccccc6)cc5)c4)c3)cc2)cc1. The smallest absolute Gasteiger partial charge is 0.0467 e. The Balaban J connectivity index is 1.09. The first-order valence-electron chi connectivity index (χ1n) is 20.5. The van der Waals surface area contributed by atoms with Crippen molar-refractivity contribution in [3.8, 4) is 44.5 Å². The van der Waals surface area contributed by atoms with Crippen LogP contribution in [-0.2, 0) is 0 Å². The lowest BCUT2D eigenvalue weighted by Gasteiger charge is -2.27. The minimum atomic E-state index is 1.09. The molecule has 0 spiro atoms. The predicted octanol–water partition coefficient (Wildman–Crippen LogP) is 16.4. The molecule has 284 valence electrons. The van der Waals surface area contributed by atoms with E-state index in [0.29, 0.717) is 0 Å². The minimum absolute atomic E-state index is 1.09. The van der Waals surface area contributed by atoms with Gasteiger partial charge in [0.25, 0.3) is 0 Å². The van der Waals surface area contributed by atoms with Crippen LogP contribution in [0.15, 0.2) is 255 Å². The fraction of sp³-hybridized carbons (Fsp3) is 0. The van der Waals surface area contributed by atoms with Gasteiger partial charge in [-0.2, -0.15) is 0 Å². The van der Waals surface area contributed by atoms with E-state index < -0.39 is 0 Å². The van der Waals surface area contributed by atoms with Gasteiger partial charge in [-0.3, -0.25) is 0 Å². The number of hydrogen-bond acceptors (Lipinski definition) is 2. The van der Waals surface area contributed by atoms with Crippen LogP contribution in [0.4, 0.5) is 34.1 Å². The van der Waals surface area contributed by atoms with Crippen molar-refractivity contribution in [1.82, 2.24) is 0 Å². The van der Waals surface area contributed by atoms with E-state index >= 15 is 0 Å². The Morgan fingerprint density at radius 2 is 0.583 bits per heavy atom. The molecule has 0 aromatic heterocycles. The van der Waals surface area contributed by atoms with E-state index in [1.54, 1.807) is 0 Å². The van der Waals surface area contributed by atoms with Gasteiger partial charge < -0.3 is 9.80 Å². The summed E-state index contributed by atoms with van der Waals surface area (Å²) in [7, 11) is 0. The molecular weight excluding hydrogens is 725 g/mol. The molecule has 0 radical (unpaired) electrons. The average Bonchev–Trinajstić information content (AvgIpc) is 3.33. The minimum Gasteiger partial charge on any atom is -0.310 e. The van der Waals surface area contributed by atoms with Crippen molar-refractivity contribution in [3.05, 3.63) is 255 Å². The molecule has 10 aromatic carbocycles. The number of para-hydroxylation sites is 2. The van der Waals surface area contributed by atoms with E-state index in [-0.39, 0.29) is 0 Å². The van der Waals surface area contributed by atoms with Gasteiger partial charge in [-0.15, -0.1) is 0 Å². The molecule has 0 saturated heterocycles. The molecule has 0 bridgehead atoms. The fourth-order valence-corrected chi connectivity index (χ4v) is 8.35. The first-order chi connectivity index (χ1) is 29.8. The van der Waals surface area contributed by atoms with Crippen LogP contribution in [0.3, 0.4) is 0 Å². The van der Waals surface area contributed by atoms with E-state index in [1.807, 2.05) is 0 Å². The summed E-state index contributed by atoms with van der Waals surface area (Å²) in [5.41, 5.74) is 16.1. The molecule has 0 aliphatic rings. The highest BCUT2D eigenvalue weighted by Gasteiger charge is 2.19. The maximum absolute atomic E-state index is 2.35. The molecule has 0 unspecified atom stereocenters. The van der Waals surface area contributed by atoms with Crippen LogP contribution in [0.2, 0.25) is 0 Å². The number of hydrogen-bond donors (Lipinski definition) is 0. The quantitative estimate of drug-likeness (QED) is 0.137. The lowest BCUT2D eigenvalue weighted by molar-refractivity contribution is 1.28. The van der Waals surface area contributed by atoms with Crippen molar-refractivity contribution in [3.63, 3.8) is 0 Å². The summed E-state index contributed by atoms with van der Waals surface area (Å²) in [6.07, 6.45) is 0. The number of benzene rings is 10. The van der Waals surface area contributed by atoms with E-state index in [9.17, 15) is 0 Å². The molecule has 10 rings (SSSR count). The van der Waals surface area contributed by atoms with Gasteiger partial charge in [0.2, 0.25) is 0 Å². The van der Waals surface area contributed by atoms with Crippen LogP contribution in [0.5, 0.6) is 0 Å². The Morgan fingerprint density at radius 3 is 1.10 bits per heavy atom. The molecule has 0 heterocycles. The third-order valence-corrected chi connectivity index (χ3v) is 11.2. The second-order valence-corrected chi connectivity index (χ2v) is 15.0. The second kappa shape index (κ2) is 16.5. The largest absolute Gasteiger partial charge is 0.310 e. The lowest BCUT2D eigenvalue weighted by atomic mass is 9.89. The van der Waals surface area contributed by atoms with Gasteiger partial charge in [-0.1, -0.05) is 182 Å². The fourth-order valence-electron chi connectivity index (χ4n) is 8.35. The molecule has 0 fully saturated rings. The molecule has 0 N–H and O–H groups in total. The van der Waals surface area contributed by atoms with Crippen LogP contribution in [0, 0.1) is 0 Å². The highest BCUT2D eigenvalue weighted by Crippen LogP contribution is 2.44. The van der Waals surface area contributed by atoms with Gasteiger partial charge in [-0.05, 0) is 128 Å². The Morgan fingerprint density at radius 1 is 0.217 bits per heavy atom. The van der Waals surface area contributed by atoms with Crippen molar-refractivity contribution in [2.75, 3.05) is 9.80 Å². The van der Waals surface area contributed by atoms with E-state index in [2.05, 4.69) is 265 Å². The standard InChI is InChI=1S/C58H42N2/c1-5-17-43(18-6-1)45-31-36-52(37-32-45)59(50-24-9-3-10-25-50)54-28-15-22-48(41-54)57-40-35-47-21-13-14-30-56(47)58(57)49-23-16-29-55(42-49)60(51-26-11-4-12-27-51)53-38-33-46(34-39-53)44-19-7-2-8-20-44/h1-42H. The molecule has 0 aliphatic heterocycles. The summed E-state index contributed by atoms with van der Waals surface area (Å²) in [5.74, 6) is 0. The van der Waals surface area contributed by atoms with Crippen molar-refractivity contribution in [2.24, 2.45) is 0 Å². The molecule has 10 aromatic rings. The summed E-state index contributed by atoms with van der Waals surface area (Å²) < 4.78 is 0. The zero-order valence-corrected chi connectivity index (χ0v) is 33.1. The highest BCUT2D eigenvalue weighted by molar-refractivity contribution is 6.05. The van der Waals surface area contributed by atoms with Gasteiger partial charge >= 0.3 is 0 Å². The van der Waals surface area contributed by atoms with Crippen molar-refractivity contribution >= 4 is 44.9 Å². The third kappa shape index (κ3) is 7.35. The van der Waals surface area contributed by atoms with Crippen molar-refractivity contribution in [1.29, 1.82) is 0 Å². The molecular formula is C58H42N2. The van der Waals surface area contributed by atoms with Gasteiger partial charge in [0, 0.05) is 34.1 Å². The van der Waals surface area contributed by atoms with Crippen LogP contribution in [0.1, 0.15) is 0 Å². The molecule has 2 nitrogen and oxygen atoms in total. The zero-order valence-electron chi connectivity index (χ0n) is 33.1. The Kier molecular flexibility index (Phi) is 10.0. The summed E-state index contributed by atoms with van der Waals surface area (Å²) in [4.78, 5) is 4.70. The summed E-state index contributed by atoms with van der Waals surface area (Å²) in [5, 5.41) is 2.42.